The molecule has 236 valence electrons. The minimum atomic E-state index is 0.588. The highest BCUT2D eigenvalue weighted by atomic mass is 14.1. The molecule has 1 aromatic carbocycles. The van der Waals surface area contributed by atoms with Gasteiger partial charge in [-0.15, -0.1) is 6.58 Å². The molecule has 0 heterocycles. The molecule has 0 aromatic heterocycles. The SMILES string of the molecule is C=CCCCCCCCCCCC(C)C(=C)c1ccc(CCCCCCCCCCCCCCCCCCC)cc1. The molecule has 0 N–H and O–H groups in total. The summed E-state index contributed by atoms with van der Waals surface area (Å²) in [6, 6.07) is 9.37. The molecular formula is C41H72. The molecule has 1 atom stereocenters. The summed E-state index contributed by atoms with van der Waals surface area (Å²) in [5, 5.41) is 0. The van der Waals surface area contributed by atoms with E-state index in [-0.39, 0.29) is 0 Å². The first kappa shape index (κ1) is 37.7. The Bertz CT molecular complexity index is 695. The van der Waals surface area contributed by atoms with Gasteiger partial charge in [-0.3, -0.25) is 0 Å². The van der Waals surface area contributed by atoms with Gasteiger partial charge in [0.2, 0.25) is 0 Å². The van der Waals surface area contributed by atoms with Crippen molar-refractivity contribution in [3.05, 3.63) is 54.6 Å². The Labute approximate surface area is 259 Å². The molecule has 1 unspecified atom stereocenters. The van der Waals surface area contributed by atoms with Gasteiger partial charge in [-0.2, -0.15) is 0 Å². The zero-order valence-electron chi connectivity index (χ0n) is 28.2. The Morgan fingerprint density at radius 2 is 0.951 bits per heavy atom. The molecule has 1 aromatic rings. The van der Waals surface area contributed by atoms with Gasteiger partial charge in [0.15, 0.2) is 0 Å². The van der Waals surface area contributed by atoms with Gasteiger partial charge in [0.05, 0.1) is 0 Å². The van der Waals surface area contributed by atoms with Crippen molar-refractivity contribution < 1.29 is 0 Å². The highest BCUT2D eigenvalue weighted by Gasteiger charge is 2.09. The first-order valence-corrected chi connectivity index (χ1v) is 18.6. The van der Waals surface area contributed by atoms with E-state index in [9.17, 15) is 0 Å². The molecule has 0 aliphatic carbocycles. The lowest BCUT2D eigenvalue weighted by Crippen LogP contribution is -1.98. The second-order valence-corrected chi connectivity index (χ2v) is 13.2. The third-order valence-electron chi connectivity index (χ3n) is 9.28. The average molecular weight is 565 g/mol. The minimum Gasteiger partial charge on any atom is -0.103 e. The topological polar surface area (TPSA) is 0 Å². The average Bonchev–Trinajstić information content (AvgIpc) is 2.99. The molecule has 1 rings (SSSR count). The third kappa shape index (κ3) is 22.9. The third-order valence-corrected chi connectivity index (χ3v) is 9.28. The van der Waals surface area contributed by atoms with Gasteiger partial charge < -0.3 is 0 Å². The lowest BCUT2D eigenvalue weighted by Gasteiger charge is -2.15. The number of aryl methyl sites for hydroxylation is 1. The number of benzene rings is 1. The second-order valence-electron chi connectivity index (χ2n) is 13.2. The Balaban J connectivity index is 1.96. The van der Waals surface area contributed by atoms with E-state index in [1.54, 1.807) is 0 Å². The molecule has 0 aliphatic heterocycles. The van der Waals surface area contributed by atoms with Crippen LogP contribution in [0.1, 0.15) is 198 Å². The Kier molecular flexibility index (Phi) is 26.5. The summed E-state index contributed by atoms with van der Waals surface area (Å²) in [5.74, 6) is 0.588. The van der Waals surface area contributed by atoms with Crippen molar-refractivity contribution in [1.82, 2.24) is 0 Å². The predicted octanol–water partition coefficient (Wildman–Crippen LogP) is 14.6. The smallest absolute Gasteiger partial charge is 0.0190 e. The molecule has 0 amide bonds. The molecule has 0 saturated carbocycles. The zero-order chi connectivity index (χ0) is 29.6. The first-order valence-electron chi connectivity index (χ1n) is 18.6. The summed E-state index contributed by atoms with van der Waals surface area (Å²) in [4.78, 5) is 0. The summed E-state index contributed by atoms with van der Waals surface area (Å²) in [7, 11) is 0. The standard InChI is InChI=1S/C41H72/c1-5-7-9-11-13-15-17-18-19-20-21-22-23-25-27-29-31-33-40-34-36-41(37-35-40)39(4)38(3)32-30-28-26-24-16-14-12-10-8-6-2/h6,34-38H,2,4-5,7-33H2,1,3H3. The Morgan fingerprint density at radius 1 is 0.561 bits per heavy atom. The first-order chi connectivity index (χ1) is 20.2. The van der Waals surface area contributed by atoms with Crippen molar-refractivity contribution in [2.45, 2.75) is 194 Å². The fourth-order valence-electron chi connectivity index (χ4n) is 6.20. The maximum Gasteiger partial charge on any atom is -0.0190 e. The van der Waals surface area contributed by atoms with E-state index in [2.05, 4.69) is 51.3 Å². The molecule has 0 aliphatic rings. The molecular weight excluding hydrogens is 492 g/mol. The van der Waals surface area contributed by atoms with Crippen LogP contribution < -0.4 is 0 Å². The quantitative estimate of drug-likeness (QED) is 0.0621. The lowest BCUT2D eigenvalue weighted by atomic mass is 9.90. The molecule has 0 saturated heterocycles. The van der Waals surface area contributed by atoms with Crippen molar-refractivity contribution in [2.75, 3.05) is 0 Å². The van der Waals surface area contributed by atoms with E-state index in [1.165, 1.54) is 196 Å². The summed E-state index contributed by atoms with van der Waals surface area (Å²) in [6.45, 7) is 12.9. The monoisotopic (exact) mass is 565 g/mol. The number of rotatable bonds is 31. The van der Waals surface area contributed by atoms with E-state index >= 15 is 0 Å². The van der Waals surface area contributed by atoms with Crippen LogP contribution in [0.3, 0.4) is 0 Å². The van der Waals surface area contributed by atoms with Crippen LogP contribution in [-0.2, 0) is 6.42 Å². The van der Waals surface area contributed by atoms with E-state index in [0.29, 0.717) is 5.92 Å². The van der Waals surface area contributed by atoms with E-state index in [4.69, 9.17) is 0 Å². The van der Waals surface area contributed by atoms with Crippen LogP contribution in [0.5, 0.6) is 0 Å². The largest absolute Gasteiger partial charge is 0.103 e. The van der Waals surface area contributed by atoms with Crippen LogP contribution in [-0.4, -0.2) is 0 Å². The van der Waals surface area contributed by atoms with E-state index in [0.717, 1.165) is 0 Å². The summed E-state index contributed by atoms with van der Waals surface area (Å²) < 4.78 is 0. The number of allylic oxidation sites excluding steroid dienone is 2. The molecule has 41 heavy (non-hydrogen) atoms. The number of hydrogen-bond acceptors (Lipinski definition) is 0. The van der Waals surface area contributed by atoms with Crippen molar-refractivity contribution in [3.8, 4) is 0 Å². The zero-order valence-corrected chi connectivity index (χ0v) is 28.2. The lowest BCUT2D eigenvalue weighted by molar-refractivity contribution is 0.527. The fourth-order valence-corrected chi connectivity index (χ4v) is 6.20. The van der Waals surface area contributed by atoms with Crippen molar-refractivity contribution in [3.63, 3.8) is 0 Å². The van der Waals surface area contributed by atoms with E-state index < -0.39 is 0 Å². The molecule has 0 bridgehead atoms. The molecule has 0 radical (unpaired) electrons. The normalized spacial score (nSPS) is 12.0. The molecule has 0 nitrogen and oxygen atoms in total. The van der Waals surface area contributed by atoms with Crippen LogP contribution >= 0.6 is 0 Å². The van der Waals surface area contributed by atoms with Crippen LogP contribution in [0, 0.1) is 5.92 Å². The van der Waals surface area contributed by atoms with Crippen molar-refractivity contribution >= 4 is 5.57 Å². The van der Waals surface area contributed by atoms with Gasteiger partial charge in [-0.05, 0) is 54.7 Å². The van der Waals surface area contributed by atoms with E-state index in [1.807, 2.05) is 6.08 Å². The highest BCUT2D eigenvalue weighted by molar-refractivity contribution is 5.65. The number of unbranched alkanes of at least 4 members (excludes halogenated alkanes) is 24. The van der Waals surface area contributed by atoms with Crippen molar-refractivity contribution in [1.29, 1.82) is 0 Å². The summed E-state index contributed by atoms with van der Waals surface area (Å²) in [6.07, 6.45) is 41.3. The molecule has 0 spiro atoms. The van der Waals surface area contributed by atoms with Crippen molar-refractivity contribution in [2.24, 2.45) is 5.92 Å². The predicted molar refractivity (Wildman–Crippen MR) is 189 cm³/mol. The number of hydrogen-bond donors (Lipinski definition) is 0. The van der Waals surface area contributed by atoms with Crippen LogP contribution in [0.25, 0.3) is 5.57 Å². The van der Waals surface area contributed by atoms with Gasteiger partial charge in [0, 0.05) is 0 Å². The maximum absolute atomic E-state index is 4.46. The molecule has 0 fully saturated rings. The van der Waals surface area contributed by atoms with Crippen LogP contribution in [0.2, 0.25) is 0 Å². The van der Waals surface area contributed by atoms with Gasteiger partial charge in [0.25, 0.3) is 0 Å². The fraction of sp³-hybridized carbons (Fsp3) is 0.756. The minimum absolute atomic E-state index is 0.588. The summed E-state index contributed by atoms with van der Waals surface area (Å²) in [5.41, 5.74) is 4.18. The van der Waals surface area contributed by atoms with Gasteiger partial charge in [-0.25, -0.2) is 0 Å². The van der Waals surface area contributed by atoms with Gasteiger partial charge in [0.1, 0.15) is 0 Å². The Hall–Kier alpha value is -1.30. The van der Waals surface area contributed by atoms with Crippen LogP contribution in [0.15, 0.2) is 43.5 Å². The Morgan fingerprint density at radius 3 is 1.39 bits per heavy atom. The van der Waals surface area contributed by atoms with Crippen LogP contribution in [0.4, 0.5) is 0 Å². The molecule has 0 heteroatoms. The van der Waals surface area contributed by atoms with Gasteiger partial charge >= 0.3 is 0 Å². The maximum atomic E-state index is 4.46. The highest BCUT2D eigenvalue weighted by Crippen LogP contribution is 2.27. The second kappa shape index (κ2) is 28.8. The van der Waals surface area contributed by atoms with Gasteiger partial charge in [-0.1, -0.05) is 198 Å². The summed E-state index contributed by atoms with van der Waals surface area (Å²) >= 11 is 0.